The normalized spacial score (nSPS) is 9.90. The van der Waals surface area contributed by atoms with Crippen LogP contribution >= 0.6 is 15.9 Å². The second kappa shape index (κ2) is 10.9. The van der Waals surface area contributed by atoms with Crippen LogP contribution in [-0.2, 0) is 20.1 Å². The number of aromatic nitrogens is 2. The summed E-state index contributed by atoms with van der Waals surface area (Å²) in [4.78, 5) is 8.61. The van der Waals surface area contributed by atoms with Crippen molar-refractivity contribution in [1.29, 1.82) is 0 Å². The van der Waals surface area contributed by atoms with Gasteiger partial charge in [0.25, 0.3) is 0 Å². The minimum Gasteiger partial charge on any atom is -0.305 e. The van der Waals surface area contributed by atoms with E-state index in [0.717, 1.165) is 37.8 Å². The number of pyridine rings is 2. The Morgan fingerprint density at radius 2 is 1.37 bits per heavy atom. The average molecular weight is 630 g/mol. The summed E-state index contributed by atoms with van der Waals surface area (Å²) in [5.41, 5.74) is 4.10. The second-order valence-electron chi connectivity index (χ2n) is 6.26. The summed E-state index contributed by atoms with van der Waals surface area (Å²) in [6.07, 6.45) is 3.60. The van der Waals surface area contributed by atoms with Crippen molar-refractivity contribution in [3.05, 3.63) is 120 Å². The maximum absolute atomic E-state index is 4.39. The first-order valence-electron chi connectivity index (χ1n) is 9.21. The summed E-state index contributed by atoms with van der Waals surface area (Å²) in [6, 6.07) is 36.2. The van der Waals surface area contributed by atoms with E-state index >= 15 is 0 Å². The molecule has 3 aromatic carbocycles. The van der Waals surface area contributed by atoms with Crippen LogP contribution in [-0.4, -0.2) is 9.97 Å². The molecule has 0 aliphatic heterocycles. The fourth-order valence-corrected chi connectivity index (χ4v) is 3.47. The Hall–Kier alpha value is -2.65. The molecule has 1 radical (unpaired) electrons. The van der Waals surface area contributed by atoms with Crippen LogP contribution in [0.15, 0.2) is 108 Å². The van der Waals surface area contributed by atoms with Crippen molar-refractivity contribution in [2.24, 2.45) is 0 Å². The van der Waals surface area contributed by atoms with Crippen molar-refractivity contribution in [3.63, 3.8) is 0 Å². The molecule has 0 aliphatic rings. The third-order valence-electron chi connectivity index (χ3n) is 4.37. The summed E-state index contributed by atoms with van der Waals surface area (Å²) < 4.78 is 1.09. The largest absolute Gasteiger partial charge is 0.305 e. The first kappa shape index (κ1) is 22.0. The van der Waals surface area contributed by atoms with Gasteiger partial charge in [-0.05, 0) is 23.9 Å². The minimum atomic E-state index is 0. The molecule has 0 unspecified atom stereocenters. The van der Waals surface area contributed by atoms with Gasteiger partial charge in [0.1, 0.15) is 0 Å². The zero-order valence-corrected chi connectivity index (χ0v) is 19.9. The number of nitrogens with zero attached hydrogens (tertiary/aromatic N) is 2. The Labute approximate surface area is 198 Å². The Balaban J connectivity index is 0.000000175. The summed E-state index contributed by atoms with van der Waals surface area (Å²) in [6.45, 7) is 0. The van der Waals surface area contributed by atoms with Gasteiger partial charge in [0.15, 0.2) is 0 Å². The van der Waals surface area contributed by atoms with Crippen molar-refractivity contribution < 1.29 is 20.1 Å². The molecule has 4 heteroatoms. The maximum atomic E-state index is 4.39. The van der Waals surface area contributed by atoms with Gasteiger partial charge in [-0.3, -0.25) is 4.98 Å². The average Bonchev–Trinajstić information content (AvgIpc) is 2.81. The van der Waals surface area contributed by atoms with E-state index in [9.17, 15) is 0 Å². The van der Waals surface area contributed by atoms with Gasteiger partial charge in [0, 0.05) is 38.2 Å². The van der Waals surface area contributed by atoms with Crippen LogP contribution in [0.5, 0.6) is 0 Å². The molecule has 0 N–H and O–H groups in total. The molecule has 149 valence electrons. The summed E-state index contributed by atoms with van der Waals surface area (Å²) in [5.74, 6) is 0. The number of benzene rings is 3. The fraction of sp³-hybridized carbons (Fsp3) is 0. The number of hydrogen-bond donors (Lipinski definition) is 0. The smallest absolute Gasteiger partial charge is 0.0294 e. The Bertz CT molecular complexity index is 1160. The molecule has 0 saturated carbocycles. The Kier molecular flexibility index (Phi) is 8.04. The quantitative estimate of drug-likeness (QED) is 0.197. The van der Waals surface area contributed by atoms with E-state index in [1.54, 1.807) is 6.20 Å². The van der Waals surface area contributed by atoms with Crippen LogP contribution in [0.4, 0.5) is 0 Å². The molecule has 30 heavy (non-hydrogen) atoms. The van der Waals surface area contributed by atoms with E-state index in [0.29, 0.717) is 0 Å². The molecule has 5 aromatic rings. The van der Waals surface area contributed by atoms with E-state index in [4.69, 9.17) is 0 Å². The summed E-state index contributed by atoms with van der Waals surface area (Å²) in [5, 5.41) is 2.26. The molecule has 0 atom stereocenters. The molecule has 0 saturated heterocycles. The van der Waals surface area contributed by atoms with Gasteiger partial charge >= 0.3 is 0 Å². The Morgan fingerprint density at radius 1 is 0.633 bits per heavy atom. The van der Waals surface area contributed by atoms with Gasteiger partial charge in [-0.25, -0.2) is 0 Å². The number of hydrogen-bond acceptors (Lipinski definition) is 2. The monoisotopic (exact) mass is 629 g/mol. The molecule has 0 fully saturated rings. The minimum absolute atomic E-state index is 0. The van der Waals surface area contributed by atoms with Crippen LogP contribution < -0.4 is 0 Å². The molecular formula is C26H17BrIrN2-2. The van der Waals surface area contributed by atoms with E-state index in [1.807, 2.05) is 85.1 Å². The predicted molar refractivity (Wildman–Crippen MR) is 122 cm³/mol. The van der Waals surface area contributed by atoms with E-state index in [2.05, 4.69) is 50.2 Å². The maximum Gasteiger partial charge on any atom is 0.0294 e. The number of fused-ring (bicyclic) bond motifs is 1. The van der Waals surface area contributed by atoms with Crippen LogP contribution in [0.3, 0.4) is 0 Å². The predicted octanol–water partition coefficient (Wildman–Crippen LogP) is 7.01. The number of rotatable bonds is 2. The molecule has 0 amide bonds. The molecule has 5 rings (SSSR count). The third kappa shape index (κ3) is 5.28. The van der Waals surface area contributed by atoms with Gasteiger partial charge in [-0.1, -0.05) is 67.8 Å². The third-order valence-corrected chi connectivity index (χ3v) is 5.06. The molecular weight excluding hydrogens is 612 g/mol. The molecule has 0 spiro atoms. The zero-order chi connectivity index (χ0) is 19.9. The second-order valence-corrected chi connectivity index (χ2v) is 7.11. The van der Waals surface area contributed by atoms with Crippen LogP contribution in [0, 0.1) is 12.1 Å². The van der Waals surface area contributed by atoms with E-state index in [-0.39, 0.29) is 20.1 Å². The van der Waals surface area contributed by atoms with Gasteiger partial charge in [0.2, 0.25) is 0 Å². The van der Waals surface area contributed by atoms with Gasteiger partial charge in [0.05, 0.1) is 0 Å². The topological polar surface area (TPSA) is 25.8 Å². The number of halogens is 1. The van der Waals surface area contributed by atoms with Crippen molar-refractivity contribution in [1.82, 2.24) is 9.97 Å². The standard InChI is InChI=1S/C15H9BrN.C11H8N.Ir/c16-14-8-4-5-11-12(14)6-3-7-13(11)15-9-1-2-10-17-15;1-2-6-10(7-3-1)11-8-4-5-9-12-11;/h1-4,6-10H;1-6,8-9H;/q2*-1;. The van der Waals surface area contributed by atoms with Crippen molar-refractivity contribution in [2.75, 3.05) is 0 Å². The van der Waals surface area contributed by atoms with Crippen molar-refractivity contribution in [2.45, 2.75) is 0 Å². The Morgan fingerprint density at radius 3 is 2.03 bits per heavy atom. The summed E-state index contributed by atoms with van der Waals surface area (Å²) >= 11 is 3.56. The van der Waals surface area contributed by atoms with Crippen LogP contribution in [0.25, 0.3) is 33.3 Å². The molecule has 2 aromatic heterocycles. The van der Waals surface area contributed by atoms with Crippen molar-refractivity contribution in [3.8, 4) is 22.5 Å². The van der Waals surface area contributed by atoms with Gasteiger partial charge in [-0.15, -0.1) is 59.5 Å². The van der Waals surface area contributed by atoms with Gasteiger partial charge in [-0.2, -0.15) is 0 Å². The first-order valence-corrected chi connectivity index (χ1v) is 10.0. The molecule has 2 heterocycles. The van der Waals surface area contributed by atoms with Crippen LogP contribution in [0.2, 0.25) is 0 Å². The van der Waals surface area contributed by atoms with E-state index in [1.165, 1.54) is 0 Å². The molecule has 2 nitrogen and oxygen atoms in total. The van der Waals surface area contributed by atoms with Crippen molar-refractivity contribution >= 4 is 26.7 Å². The van der Waals surface area contributed by atoms with Crippen LogP contribution in [0.1, 0.15) is 0 Å². The SMILES string of the molecule is Brc1cc[c-]c2c(-c3ccccn3)cccc12.[Ir].[c-]1ccccc1-c1ccccn1. The summed E-state index contributed by atoms with van der Waals surface area (Å²) in [7, 11) is 0. The first-order chi connectivity index (χ1) is 14.3. The fourth-order valence-electron chi connectivity index (χ4n) is 3.01. The van der Waals surface area contributed by atoms with E-state index < -0.39 is 0 Å². The molecule has 0 bridgehead atoms. The van der Waals surface area contributed by atoms with Gasteiger partial charge < -0.3 is 4.98 Å². The molecule has 0 aliphatic carbocycles. The zero-order valence-electron chi connectivity index (χ0n) is 15.9.